The Bertz CT molecular complexity index is 565. The minimum absolute atomic E-state index is 0.853. The highest BCUT2D eigenvalue weighted by molar-refractivity contribution is 9.10. The summed E-state index contributed by atoms with van der Waals surface area (Å²) in [6.45, 7) is 2.08. The summed E-state index contributed by atoms with van der Waals surface area (Å²) < 4.78 is 1.21. The number of hydrogen-bond acceptors (Lipinski definition) is 3. The topological polar surface area (TPSA) is 29.3 Å². The van der Waals surface area contributed by atoms with Gasteiger partial charge in [0.2, 0.25) is 0 Å². The maximum Gasteiger partial charge on any atom is 0.0534 e. The zero-order valence-electron chi connectivity index (χ0n) is 10.0. The van der Waals surface area contributed by atoms with E-state index in [9.17, 15) is 0 Å². The average molecular weight is 323 g/mol. The molecule has 2 N–H and O–H groups in total. The van der Waals surface area contributed by atoms with Gasteiger partial charge in [0.25, 0.3) is 0 Å². The molecule has 1 aromatic carbocycles. The Kier molecular flexibility index (Phi) is 3.31. The molecule has 0 atom stereocenters. The van der Waals surface area contributed by atoms with Crippen LogP contribution < -0.4 is 10.6 Å². The first-order valence-corrected chi connectivity index (χ1v) is 7.76. The van der Waals surface area contributed by atoms with Gasteiger partial charge in [-0.05, 0) is 57.9 Å². The molecule has 4 heteroatoms. The van der Waals surface area contributed by atoms with Crippen molar-refractivity contribution >= 4 is 38.6 Å². The van der Waals surface area contributed by atoms with Gasteiger partial charge in [0.1, 0.15) is 0 Å². The van der Waals surface area contributed by atoms with Crippen LogP contribution in [0.4, 0.5) is 11.4 Å². The van der Waals surface area contributed by atoms with Gasteiger partial charge in [0.05, 0.1) is 6.54 Å². The lowest BCUT2D eigenvalue weighted by Crippen LogP contribution is -2.28. The summed E-state index contributed by atoms with van der Waals surface area (Å²) in [5, 5.41) is 2.13. The minimum Gasteiger partial charge on any atom is -0.399 e. The standard InChI is InChI=1S/C14H15BrN2S/c15-12-5-7-18-14(12)9-17-6-1-2-10-3-4-11(16)8-13(10)17/h3-5,7-8H,1-2,6,9,16H2. The Morgan fingerprint density at radius 1 is 1.33 bits per heavy atom. The molecule has 0 amide bonds. The van der Waals surface area contributed by atoms with Crippen LogP contribution in [-0.2, 0) is 13.0 Å². The molecular formula is C14H15BrN2S. The molecule has 0 radical (unpaired) electrons. The van der Waals surface area contributed by atoms with Gasteiger partial charge in [0.15, 0.2) is 0 Å². The van der Waals surface area contributed by atoms with Crippen molar-refractivity contribution in [3.63, 3.8) is 0 Å². The fourth-order valence-electron chi connectivity index (χ4n) is 2.44. The van der Waals surface area contributed by atoms with E-state index in [4.69, 9.17) is 5.73 Å². The van der Waals surface area contributed by atoms with Gasteiger partial charge >= 0.3 is 0 Å². The second-order valence-corrected chi connectivity index (χ2v) is 6.46. The molecule has 0 aliphatic carbocycles. The number of aryl methyl sites for hydroxylation is 1. The number of nitrogens with two attached hydrogens (primary N) is 1. The number of benzene rings is 1. The summed E-state index contributed by atoms with van der Waals surface area (Å²) in [5.74, 6) is 0. The third-order valence-electron chi connectivity index (χ3n) is 3.35. The van der Waals surface area contributed by atoms with E-state index >= 15 is 0 Å². The van der Waals surface area contributed by atoms with Crippen molar-refractivity contribution in [2.75, 3.05) is 17.2 Å². The number of hydrogen-bond donors (Lipinski definition) is 1. The third-order valence-corrected chi connectivity index (χ3v) is 5.26. The molecule has 1 aromatic heterocycles. The number of halogens is 1. The van der Waals surface area contributed by atoms with E-state index < -0.39 is 0 Å². The first kappa shape index (κ1) is 12.1. The lowest BCUT2D eigenvalue weighted by Gasteiger charge is -2.31. The van der Waals surface area contributed by atoms with Crippen molar-refractivity contribution < 1.29 is 0 Å². The summed E-state index contributed by atoms with van der Waals surface area (Å²) >= 11 is 5.41. The smallest absolute Gasteiger partial charge is 0.0534 e. The molecule has 2 nitrogen and oxygen atoms in total. The van der Waals surface area contributed by atoms with Crippen molar-refractivity contribution in [1.29, 1.82) is 0 Å². The predicted molar refractivity (Wildman–Crippen MR) is 82.2 cm³/mol. The van der Waals surface area contributed by atoms with E-state index in [1.807, 2.05) is 6.07 Å². The molecule has 2 heterocycles. The van der Waals surface area contributed by atoms with Crippen LogP contribution in [0.15, 0.2) is 34.1 Å². The summed E-state index contributed by atoms with van der Waals surface area (Å²) in [6, 6.07) is 8.39. The molecule has 0 spiro atoms. The quantitative estimate of drug-likeness (QED) is 0.845. The Labute approximate surface area is 120 Å². The molecule has 1 aliphatic rings. The van der Waals surface area contributed by atoms with Crippen LogP contribution in [-0.4, -0.2) is 6.54 Å². The van der Waals surface area contributed by atoms with Crippen LogP contribution in [0.5, 0.6) is 0 Å². The van der Waals surface area contributed by atoms with Crippen molar-refractivity contribution in [2.24, 2.45) is 0 Å². The van der Waals surface area contributed by atoms with Gasteiger partial charge in [-0.3, -0.25) is 0 Å². The first-order chi connectivity index (χ1) is 8.74. The molecule has 0 unspecified atom stereocenters. The van der Waals surface area contributed by atoms with Crippen molar-refractivity contribution in [3.05, 3.63) is 44.6 Å². The summed E-state index contributed by atoms with van der Waals surface area (Å²) in [7, 11) is 0. The van der Waals surface area contributed by atoms with Gasteiger partial charge in [-0.1, -0.05) is 6.07 Å². The summed E-state index contributed by atoms with van der Waals surface area (Å²) in [6.07, 6.45) is 2.39. The lowest BCUT2D eigenvalue weighted by atomic mass is 10.0. The number of fused-ring (bicyclic) bond motifs is 1. The van der Waals surface area contributed by atoms with E-state index in [2.05, 4.69) is 44.4 Å². The SMILES string of the molecule is Nc1ccc2c(c1)N(Cc1sccc1Br)CCC2. The van der Waals surface area contributed by atoms with E-state index in [0.29, 0.717) is 0 Å². The van der Waals surface area contributed by atoms with Crippen LogP contribution >= 0.6 is 27.3 Å². The summed E-state index contributed by atoms with van der Waals surface area (Å²) in [4.78, 5) is 3.82. The second-order valence-electron chi connectivity index (χ2n) is 4.60. The molecule has 0 bridgehead atoms. The van der Waals surface area contributed by atoms with Crippen LogP contribution in [0.1, 0.15) is 16.9 Å². The van der Waals surface area contributed by atoms with Gasteiger partial charge in [-0.25, -0.2) is 0 Å². The molecule has 3 rings (SSSR count). The molecule has 0 fully saturated rings. The Balaban J connectivity index is 1.91. The number of anilines is 2. The Morgan fingerprint density at radius 3 is 3.00 bits per heavy atom. The summed E-state index contributed by atoms with van der Waals surface area (Å²) in [5.41, 5.74) is 9.49. The molecule has 18 heavy (non-hydrogen) atoms. The zero-order chi connectivity index (χ0) is 12.5. The fraction of sp³-hybridized carbons (Fsp3) is 0.286. The normalized spacial score (nSPS) is 14.6. The fourth-order valence-corrected chi connectivity index (χ4v) is 3.94. The lowest BCUT2D eigenvalue weighted by molar-refractivity contribution is 0.694. The number of nitrogens with zero attached hydrogens (tertiary/aromatic N) is 1. The maximum atomic E-state index is 5.91. The third kappa shape index (κ3) is 2.27. The van der Waals surface area contributed by atoms with Crippen LogP contribution in [0, 0.1) is 0 Å². The van der Waals surface area contributed by atoms with E-state index in [1.165, 1.54) is 27.0 Å². The zero-order valence-corrected chi connectivity index (χ0v) is 12.4. The second kappa shape index (κ2) is 4.94. The van der Waals surface area contributed by atoms with Crippen molar-refractivity contribution in [3.8, 4) is 0 Å². The van der Waals surface area contributed by atoms with Crippen molar-refractivity contribution in [1.82, 2.24) is 0 Å². The Hall–Kier alpha value is -1.00. The van der Waals surface area contributed by atoms with Crippen molar-refractivity contribution in [2.45, 2.75) is 19.4 Å². The minimum atomic E-state index is 0.853. The highest BCUT2D eigenvalue weighted by Gasteiger charge is 2.18. The number of thiophene rings is 1. The highest BCUT2D eigenvalue weighted by atomic mass is 79.9. The van der Waals surface area contributed by atoms with Gasteiger partial charge < -0.3 is 10.6 Å². The van der Waals surface area contributed by atoms with E-state index in [1.54, 1.807) is 11.3 Å². The number of nitrogen functional groups attached to an aromatic ring is 1. The van der Waals surface area contributed by atoms with E-state index in [0.717, 1.165) is 25.2 Å². The molecule has 1 aliphatic heterocycles. The van der Waals surface area contributed by atoms with Gasteiger partial charge in [-0.2, -0.15) is 0 Å². The average Bonchev–Trinajstić information content (AvgIpc) is 2.76. The van der Waals surface area contributed by atoms with Crippen LogP contribution in [0.2, 0.25) is 0 Å². The highest BCUT2D eigenvalue weighted by Crippen LogP contribution is 2.32. The largest absolute Gasteiger partial charge is 0.399 e. The molecular weight excluding hydrogens is 308 g/mol. The predicted octanol–water partition coefficient (Wildman–Crippen LogP) is 4.05. The Morgan fingerprint density at radius 2 is 2.22 bits per heavy atom. The first-order valence-electron chi connectivity index (χ1n) is 6.09. The molecule has 2 aromatic rings. The molecule has 0 saturated heterocycles. The monoisotopic (exact) mass is 322 g/mol. The van der Waals surface area contributed by atoms with Crippen LogP contribution in [0.25, 0.3) is 0 Å². The van der Waals surface area contributed by atoms with E-state index in [-0.39, 0.29) is 0 Å². The number of rotatable bonds is 2. The maximum absolute atomic E-state index is 5.91. The van der Waals surface area contributed by atoms with Gasteiger partial charge in [-0.15, -0.1) is 11.3 Å². The van der Waals surface area contributed by atoms with Crippen LogP contribution in [0.3, 0.4) is 0 Å². The van der Waals surface area contributed by atoms with Gasteiger partial charge in [0, 0.05) is 27.3 Å². The molecule has 94 valence electrons. The molecule has 0 saturated carbocycles.